The minimum atomic E-state index is -0.277. The van der Waals surface area contributed by atoms with Crippen LogP contribution in [0.3, 0.4) is 0 Å². The van der Waals surface area contributed by atoms with E-state index in [4.69, 9.17) is 0 Å². The highest BCUT2D eigenvalue weighted by molar-refractivity contribution is 7.99. The molecule has 29 heavy (non-hydrogen) atoms. The number of H-pyrrole nitrogens is 1. The van der Waals surface area contributed by atoms with E-state index in [1.807, 2.05) is 66.0 Å². The van der Waals surface area contributed by atoms with Gasteiger partial charge in [-0.15, -0.1) is 11.3 Å². The molecule has 0 atom stereocenters. The maximum absolute atomic E-state index is 12.6. The van der Waals surface area contributed by atoms with Crippen molar-refractivity contribution >= 4 is 45.4 Å². The van der Waals surface area contributed by atoms with Gasteiger partial charge in [0, 0.05) is 10.9 Å². The lowest BCUT2D eigenvalue weighted by Gasteiger charge is -2.02. The molecule has 144 valence electrons. The number of fused-ring (bicyclic) bond motifs is 1. The minimum absolute atomic E-state index is 0.0947. The number of benzene rings is 2. The van der Waals surface area contributed by atoms with Crippen molar-refractivity contribution in [3.05, 3.63) is 82.0 Å². The van der Waals surface area contributed by atoms with E-state index in [0.717, 1.165) is 28.5 Å². The van der Waals surface area contributed by atoms with E-state index in [0.29, 0.717) is 15.4 Å². The Morgan fingerprint density at radius 1 is 1.14 bits per heavy atom. The fourth-order valence-corrected chi connectivity index (χ4v) is 4.37. The van der Waals surface area contributed by atoms with Crippen LogP contribution in [0.5, 0.6) is 0 Å². The zero-order valence-electron chi connectivity index (χ0n) is 15.2. The molecule has 0 saturated carbocycles. The van der Waals surface area contributed by atoms with Crippen LogP contribution in [-0.4, -0.2) is 27.8 Å². The summed E-state index contributed by atoms with van der Waals surface area (Å²) >= 11 is 2.58. The number of nitrogens with zero attached hydrogens (tertiary/aromatic N) is 2. The third-order valence-corrected chi connectivity index (χ3v) is 5.79. The first kappa shape index (κ1) is 19.1. The van der Waals surface area contributed by atoms with E-state index in [2.05, 4.69) is 20.5 Å². The molecule has 2 N–H and O–H groups in total. The number of aromatic nitrogens is 2. The molecule has 0 aliphatic heterocycles. The van der Waals surface area contributed by atoms with Gasteiger partial charge in [-0.1, -0.05) is 72.4 Å². The highest BCUT2D eigenvalue weighted by Gasteiger charge is 2.13. The Balaban J connectivity index is 1.43. The van der Waals surface area contributed by atoms with Gasteiger partial charge in [-0.2, -0.15) is 5.10 Å². The van der Waals surface area contributed by atoms with Crippen molar-refractivity contribution in [2.75, 3.05) is 5.75 Å². The maximum atomic E-state index is 12.6. The lowest BCUT2D eigenvalue weighted by Crippen LogP contribution is -2.20. The van der Waals surface area contributed by atoms with Crippen LogP contribution in [0, 0.1) is 0 Å². The molecule has 4 rings (SSSR count). The number of carbonyl (C=O) groups excluding carboxylic acids is 1. The van der Waals surface area contributed by atoms with E-state index in [1.165, 1.54) is 11.3 Å². The molecule has 0 unspecified atom stereocenters. The summed E-state index contributed by atoms with van der Waals surface area (Å²) in [7, 11) is 0. The van der Waals surface area contributed by atoms with Gasteiger partial charge < -0.3 is 4.98 Å². The SMILES string of the molecule is O=C(CSc1nc2scc(-c3ccccc3)c2c(=O)[nH]1)N/N=C/c1ccccc1. The summed E-state index contributed by atoms with van der Waals surface area (Å²) in [5, 5.41) is 6.84. The second-order valence-corrected chi connectivity index (χ2v) is 7.88. The molecule has 0 radical (unpaired) electrons. The van der Waals surface area contributed by atoms with Crippen molar-refractivity contribution in [2.24, 2.45) is 5.10 Å². The third-order valence-electron chi connectivity index (χ3n) is 4.05. The fourth-order valence-electron chi connectivity index (χ4n) is 2.71. The number of hydrogen-bond donors (Lipinski definition) is 2. The Hall–Kier alpha value is -3.23. The summed E-state index contributed by atoms with van der Waals surface area (Å²) in [5.74, 6) is -0.182. The van der Waals surface area contributed by atoms with E-state index >= 15 is 0 Å². The Kier molecular flexibility index (Phi) is 5.83. The van der Waals surface area contributed by atoms with Crippen LogP contribution >= 0.6 is 23.1 Å². The van der Waals surface area contributed by atoms with Crippen molar-refractivity contribution in [2.45, 2.75) is 5.16 Å². The molecule has 1 amide bonds. The Morgan fingerprint density at radius 3 is 2.62 bits per heavy atom. The Bertz CT molecular complexity index is 1220. The van der Waals surface area contributed by atoms with Crippen LogP contribution in [0.4, 0.5) is 0 Å². The third kappa shape index (κ3) is 4.61. The van der Waals surface area contributed by atoms with Gasteiger partial charge in [0.05, 0.1) is 17.4 Å². The first-order chi connectivity index (χ1) is 14.2. The van der Waals surface area contributed by atoms with E-state index in [1.54, 1.807) is 6.21 Å². The highest BCUT2D eigenvalue weighted by atomic mass is 32.2. The van der Waals surface area contributed by atoms with Crippen molar-refractivity contribution in [3.63, 3.8) is 0 Å². The largest absolute Gasteiger partial charge is 0.301 e. The van der Waals surface area contributed by atoms with Crippen molar-refractivity contribution in [3.8, 4) is 11.1 Å². The molecule has 8 heteroatoms. The molecule has 2 heterocycles. The van der Waals surface area contributed by atoms with Crippen LogP contribution in [0.25, 0.3) is 21.3 Å². The number of rotatable bonds is 6. The van der Waals surface area contributed by atoms with Gasteiger partial charge >= 0.3 is 0 Å². The number of carbonyl (C=O) groups is 1. The molecule has 0 bridgehead atoms. The van der Waals surface area contributed by atoms with Gasteiger partial charge in [0.25, 0.3) is 11.5 Å². The predicted molar refractivity (Wildman–Crippen MR) is 119 cm³/mol. The minimum Gasteiger partial charge on any atom is -0.301 e. The summed E-state index contributed by atoms with van der Waals surface area (Å²) < 4.78 is 0. The van der Waals surface area contributed by atoms with Crippen molar-refractivity contribution < 1.29 is 4.79 Å². The lowest BCUT2D eigenvalue weighted by atomic mass is 10.1. The van der Waals surface area contributed by atoms with Crippen LogP contribution in [-0.2, 0) is 4.79 Å². The monoisotopic (exact) mass is 420 g/mol. The standard InChI is InChI=1S/C21H16N4O2S2/c26-17(25-22-11-14-7-3-1-4-8-14)13-29-21-23-19(27)18-16(12-28-20(18)24-21)15-9-5-2-6-10-15/h1-12H,13H2,(H,25,26)(H,23,24,27)/b22-11+. The quantitative estimate of drug-likeness (QED) is 0.214. The normalized spacial score (nSPS) is 11.2. The highest BCUT2D eigenvalue weighted by Crippen LogP contribution is 2.31. The molecule has 2 aromatic heterocycles. The van der Waals surface area contributed by atoms with Gasteiger partial charge in [0.2, 0.25) is 0 Å². The summed E-state index contributed by atoms with van der Waals surface area (Å²) in [6.07, 6.45) is 1.57. The number of nitrogens with one attached hydrogen (secondary N) is 2. The number of hydrazone groups is 1. The van der Waals surface area contributed by atoms with Crippen LogP contribution < -0.4 is 11.0 Å². The van der Waals surface area contributed by atoms with Gasteiger partial charge in [-0.05, 0) is 11.1 Å². The van der Waals surface area contributed by atoms with Crippen molar-refractivity contribution in [1.82, 2.24) is 15.4 Å². The average Bonchev–Trinajstić information content (AvgIpc) is 3.18. The number of thioether (sulfide) groups is 1. The smallest absolute Gasteiger partial charge is 0.260 e. The predicted octanol–water partition coefficient (Wildman–Crippen LogP) is 3.89. The summed E-state index contributed by atoms with van der Waals surface area (Å²) in [5.41, 5.74) is 4.99. The van der Waals surface area contributed by atoms with Crippen molar-refractivity contribution in [1.29, 1.82) is 0 Å². The second-order valence-electron chi connectivity index (χ2n) is 6.06. The van der Waals surface area contributed by atoms with E-state index in [-0.39, 0.29) is 17.2 Å². The molecule has 0 aliphatic carbocycles. The molecule has 0 aliphatic rings. The molecular weight excluding hydrogens is 404 g/mol. The van der Waals surface area contributed by atoms with Gasteiger partial charge in [-0.25, -0.2) is 10.4 Å². The second kappa shape index (κ2) is 8.85. The lowest BCUT2D eigenvalue weighted by molar-refractivity contribution is -0.118. The van der Waals surface area contributed by atoms with Gasteiger partial charge in [0.15, 0.2) is 5.16 Å². The molecule has 0 spiro atoms. The summed E-state index contributed by atoms with van der Waals surface area (Å²) in [4.78, 5) is 32.5. The number of aromatic amines is 1. The number of amides is 1. The maximum Gasteiger partial charge on any atom is 0.260 e. The topological polar surface area (TPSA) is 87.2 Å². The van der Waals surface area contributed by atoms with Gasteiger partial charge in [0.1, 0.15) is 4.83 Å². The average molecular weight is 421 g/mol. The molecule has 2 aromatic carbocycles. The molecule has 0 saturated heterocycles. The zero-order valence-corrected chi connectivity index (χ0v) is 16.8. The zero-order chi connectivity index (χ0) is 20.1. The van der Waals surface area contributed by atoms with E-state index in [9.17, 15) is 9.59 Å². The Morgan fingerprint density at radius 2 is 1.86 bits per heavy atom. The van der Waals surface area contributed by atoms with Crippen LogP contribution in [0.15, 0.2) is 81.1 Å². The summed E-state index contributed by atoms with van der Waals surface area (Å²) in [6.45, 7) is 0. The first-order valence-electron chi connectivity index (χ1n) is 8.77. The molecular formula is C21H16N4O2S2. The summed E-state index contributed by atoms with van der Waals surface area (Å²) in [6, 6.07) is 19.2. The van der Waals surface area contributed by atoms with Gasteiger partial charge in [-0.3, -0.25) is 9.59 Å². The first-order valence-corrected chi connectivity index (χ1v) is 10.6. The fraction of sp³-hybridized carbons (Fsp3) is 0.0476. The van der Waals surface area contributed by atoms with Crippen LogP contribution in [0.1, 0.15) is 5.56 Å². The Labute approximate surface area is 174 Å². The molecule has 4 aromatic rings. The molecule has 0 fully saturated rings. The number of thiophene rings is 1. The number of hydrogen-bond acceptors (Lipinski definition) is 6. The molecule has 6 nitrogen and oxygen atoms in total. The van der Waals surface area contributed by atoms with E-state index < -0.39 is 0 Å². The van der Waals surface area contributed by atoms with Crippen LogP contribution in [0.2, 0.25) is 0 Å².